The van der Waals surface area contributed by atoms with Crippen LogP contribution in [0.3, 0.4) is 0 Å². The maximum atomic E-state index is 11.2. The van der Waals surface area contributed by atoms with E-state index in [2.05, 4.69) is 10.0 Å². The Hall–Kier alpha value is -1.44. The fraction of sp³-hybridized carbons (Fsp3) is 0.364. The summed E-state index contributed by atoms with van der Waals surface area (Å²) in [6, 6.07) is 6.05. The summed E-state index contributed by atoms with van der Waals surface area (Å²) >= 11 is 0. The van der Waals surface area contributed by atoms with Crippen molar-refractivity contribution >= 4 is 13.8 Å². The summed E-state index contributed by atoms with van der Waals surface area (Å²) in [5.41, 5.74) is 3.16. The molecule has 1 rings (SSSR count). The molecule has 1 atom stereocenters. The van der Waals surface area contributed by atoms with Gasteiger partial charge in [-0.15, -0.1) is 0 Å². The molecule has 0 spiro atoms. The van der Waals surface area contributed by atoms with E-state index in [0.29, 0.717) is 5.75 Å². The van der Waals surface area contributed by atoms with Gasteiger partial charge in [0.05, 0.1) is 13.7 Å². The molecule has 0 aliphatic heterocycles. The number of benzene rings is 1. The molecule has 0 saturated carbocycles. The van der Waals surface area contributed by atoms with E-state index >= 15 is 0 Å². The second kappa shape index (κ2) is 7.37. The van der Waals surface area contributed by atoms with E-state index < -0.39 is 19.8 Å². The highest BCUT2D eigenvalue weighted by molar-refractivity contribution is 7.46. The topological polar surface area (TPSA) is 114 Å². The van der Waals surface area contributed by atoms with Crippen molar-refractivity contribution in [3.63, 3.8) is 0 Å². The van der Waals surface area contributed by atoms with E-state index in [0.717, 1.165) is 5.56 Å². The zero-order valence-electron chi connectivity index (χ0n) is 11.0. The highest BCUT2D eigenvalue weighted by atomic mass is 31.2. The molecule has 112 valence electrons. The summed E-state index contributed by atoms with van der Waals surface area (Å²) < 4.78 is 19.4. The Morgan fingerprint density at radius 1 is 1.35 bits per heavy atom. The van der Waals surface area contributed by atoms with E-state index in [9.17, 15) is 9.36 Å². The van der Waals surface area contributed by atoms with Gasteiger partial charge < -0.3 is 9.26 Å². The van der Waals surface area contributed by atoms with Gasteiger partial charge in [0.1, 0.15) is 11.8 Å². The van der Waals surface area contributed by atoms with Gasteiger partial charge >= 0.3 is 13.8 Å². The number of hydrogen-bond acceptors (Lipinski definition) is 6. The monoisotopic (exact) mass is 305 g/mol. The Kier molecular flexibility index (Phi) is 6.12. The molecule has 0 bridgehead atoms. The van der Waals surface area contributed by atoms with Gasteiger partial charge in [-0.3, -0.25) is 14.6 Å². The van der Waals surface area contributed by atoms with E-state index in [1.807, 2.05) is 0 Å². The Balaban J connectivity index is 2.35. The molecule has 0 heterocycles. The number of rotatable bonds is 7. The van der Waals surface area contributed by atoms with Gasteiger partial charge in [0.15, 0.2) is 0 Å². The van der Waals surface area contributed by atoms with E-state index in [1.165, 1.54) is 6.92 Å². The van der Waals surface area contributed by atoms with Crippen molar-refractivity contribution < 1.29 is 33.2 Å². The fourth-order valence-electron chi connectivity index (χ4n) is 1.22. The SMILES string of the molecule is COc1ccc(CON[C@@H](C)C(=O)OP(=O)(O)O)cc1. The first-order chi connectivity index (χ1) is 9.31. The maximum absolute atomic E-state index is 11.2. The zero-order chi connectivity index (χ0) is 15.2. The van der Waals surface area contributed by atoms with Gasteiger partial charge in [-0.1, -0.05) is 12.1 Å². The molecular weight excluding hydrogens is 289 g/mol. The number of methoxy groups -OCH3 is 1. The van der Waals surface area contributed by atoms with Crippen LogP contribution in [0.25, 0.3) is 0 Å². The van der Waals surface area contributed by atoms with E-state index in [-0.39, 0.29) is 6.61 Å². The lowest BCUT2D eigenvalue weighted by Gasteiger charge is -2.13. The third kappa shape index (κ3) is 6.14. The third-order valence-corrected chi connectivity index (χ3v) is 2.64. The molecule has 1 aromatic carbocycles. The minimum Gasteiger partial charge on any atom is -0.497 e. The molecule has 0 unspecified atom stereocenters. The summed E-state index contributed by atoms with van der Waals surface area (Å²) in [6.45, 7) is 1.52. The number of carbonyl (C=O) groups excluding carboxylic acids is 1. The Morgan fingerprint density at radius 3 is 2.45 bits per heavy atom. The maximum Gasteiger partial charge on any atom is 0.527 e. The highest BCUT2D eigenvalue weighted by Gasteiger charge is 2.24. The largest absolute Gasteiger partial charge is 0.527 e. The van der Waals surface area contributed by atoms with E-state index in [1.54, 1.807) is 31.4 Å². The first-order valence-corrected chi connectivity index (χ1v) is 7.14. The van der Waals surface area contributed by atoms with Gasteiger partial charge in [0, 0.05) is 0 Å². The molecule has 0 aliphatic rings. The molecule has 8 nitrogen and oxygen atoms in total. The van der Waals surface area contributed by atoms with Gasteiger partial charge in [-0.2, -0.15) is 5.48 Å². The molecule has 3 N–H and O–H groups in total. The quantitative estimate of drug-likeness (QED) is 0.499. The second-order valence-corrected chi connectivity index (χ2v) is 5.04. The van der Waals surface area contributed by atoms with Crippen molar-refractivity contribution in [2.45, 2.75) is 19.6 Å². The van der Waals surface area contributed by atoms with Crippen LogP contribution in [-0.4, -0.2) is 28.9 Å². The first-order valence-electron chi connectivity index (χ1n) is 5.61. The van der Waals surface area contributed by atoms with Crippen molar-refractivity contribution in [2.24, 2.45) is 0 Å². The summed E-state index contributed by atoms with van der Waals surface area (Å²) in [4.78, 5) is 33.2. The highest BCUT2D eigenvalue weighted by Crippen LogP contribution is 2.36. The third-order valence-electron chi connectivity index (χ3n) is 2.22. The molecule has 0 amide bonds. The van der Waals surface area contributed by atoms with Crippen molar-refractivity contribution in [1.29, 1.82) is 0 Å². The lowest BCUT2D eigenvalue weighted by molar-refractivity contribution is -0.142. The Bertz CT molecular complexity index is 484. The van der Waals surface area contributed by atoms with Crippen LogP contribution < -0.4 is 10.2 Å². The molecular formula is C11H16NO7P. The standard InChI is InChI=1S/C11H16NO7P/c1-8(11(13)19-20(14,15)16)12-18-7-9-3-5-10(17-2)6-4-9/h3-6,8,12H,7H2,1-2H3,(H2,14,15,16)/t8-/m0/s1. The molecule has 0 aromatic heterocycles. The average Bonchev–Trinajstić information content (AvgIpc) is 2.37. The predicted octanol–water partition coefficient (Wildman–Crippen LogP) is 0.741. The van der Waals surface area contributed by atoms with E-state index in [4.69, 9.17) is 19.4 Å². The van der Waals surface area contributed by atoms with Crippen LogP contribution in [0.4, 0.5) is 0 Å². The van der Waals surface area contributed by atoms with Crippen molar-refractivity contribution in [1.82, 2.24) is 5.48 Å². The number of hydrogen-bond donors (Lipinski definition) is 3. The summed E-state index contributed by atoms with van der Waals surface area (Å²) in [5, 5.41) is 0. The molecule has 9 heteroatoms. The zero-order valence-corrected chi connectivity index (χ0v) is 11.9. The molecule has 0 saturated heterocycles. The Labute approximate surface area is 115 Å². The lowest BCUT2D eigenvalue weighted by Crippen LogP contribution is -2.34. The number of hydroxylamine groups is 1. The summed E-state index contributed by atoms with van der Waals surface area (Å²) in [6.07, 6.45) is 0. The van der Waals surface area contributed by atoms with Crippen LogP contribution in [-0.2, 0) is 25.3 Å². The van der Waals surface area contributed by atoms with Crippen LogP contribution in [0.2, 0.25) is 0 Å². The minimum absolute atomic E-state index is 0.164. The van der Waals surface area contributed by atoms with Crippen LogP contribution >= 0.6 is 7.82 Å². The summed E-state index contributed by atoms with van der Waals surface area (Å²) in [7, 11) is -3.28. The first kappa shape index (κ1) is 16.6. The molecule has 0 aliphatic carbocycles. The number of ether oxygens (including phenoxy) is 1. The van der Waals surface area contributed by atoms with Crippen LogP contribution in [0, 0.1) is 0 Å². The van der Waals surface area contributed by atoms with Gasteiger partial charge in [0.25, 0.3) is 0 Å². The smallest absolute Gasteiger partial charge is 0.497 e. The average molecular weight is 305 g/mol. The van der Waals surface area contributed by atoms with Crippen molar-refractivity contribution in [3.05, 3.63) is 29.8 Å². The number of nitrogens with one attached hydrogen (secondary N) is 1. The van der Waals surface area contributed by atoms with Gasteiger partial charge in [-0.05, 0) is 24.6 Å². The van der Waals surface area contributed by atoms with Crippen LogP contribution in [0.5, 0.6) is 5.75 Å². The normalized spacial score (nSPS) is 12.8. The van der Waals surface area contributed by atoms with Crippen molar-refractivity contribution in [3.8, 4) is 5.75 Å². The number of phosphoric ester groups is 1. The summed E-state index contributed by atoms with van der Waals surface area (Å²) in [5.74, 6) is -0.395. The number of phosphoric acid groups is 1. The minimum atomic E-state index is -4.83. The lowest BCUT2D eigenvalue weighted by atomic mass is 10.2. The molecule has 1 aromatic rings. The van der Waals surface area contributed by atoms with Crippen LogP contribution in [0.1, 0.15) is 12.5 Å². The van der Waals surface area contributed by atoms with Crippen molar-refractivity contribution in [2.75, 3.05) is 7.11 Å². The second-order valence-electron chi connectivity index (χ2n) is 3.88. The van der Waals surface area contributed by atoms with Gasteiger partial charge in [0.2, 0.25) is 0 Å². The molecule has 20 heavy (non-hydrogen) atoms. The Morgan fingerprint density at radius 2 is 1.95 bits per heavy atom. The number of carbonyl (C=O) groups is 1. The molecule has 0 radical (unpaired) electrons. The fourth-order valence-corrected chi connectivity index (χ4v) is 1.61. The van der Waals surface area contributed by atoms with Gasteiger partial charge in [-0.25, -0.2) is 9.36 Å². The predicted molar refractivity (Wildman–Crippen MR) is 68.5 cm³/mol. The molecule has 0 fully saturated rings. The van der Waals surface area contributed by atoms with Crippen LogP contribution in [0.15, 0.2) is 24.3 Å².